The second-order valence-electron chi connectivity index (χ2n) is 9.85. The monoisotopic (exact) mass is 544 g/mol. The first-order valence-electron chi connectivity index (χ1n) is 13.6. The van der Waals surface area contributed by atoms with Crippen LogP contribution in [-0.2, 0) is 4.74 Å². The van der Waals surface area contributed by atoms with Gasteiger partial charge in [-0.1, -0.05) is 12.1 Å². The molecule has 2 aliphatic heterocycles. The number of anilines is 4. The lowest BCUT2D eigenvalue weighted by atomic mass is 10.0. The van der Waals surface area contributed by atoms with Crippen molar-refractivity contribution in [3.05, 3.63) is 60.5 Å². The quantitative estimate of drug-likeness (QED) is 0.305. The molecular weight excluding hydrogens is 511 g/mol. The zero-order valence-corrected chi connectivity index (χ0v) is 22.3. The largest absolute Gasteiger partial charge is 0.492 e. The van der Waals surface area contributed by atoms with Crippen LogP contribution in [0.2, 0.25) is 0 Å². The van der Waals surface area contributed by atoms with E-state index in [2.05, 4.69) is 30.4 Å². The van der Waals surface area contributed by atoms with Crippen LogP contribution < -0.4 is 26.0 Å². The van der Waals surface area contributed by atoms with Gasteiger partial charge in [-0.15, -0.1) is 0 Å². The van der Waals surface area contributed by atoms with E-state index < -0.39 is 0 Å². The number of hydrogen-bond acceptors (Lipinski definition) is 10. The molecule has 2 aromatic carbocycles. The minimum absolute atomic E-state index is 0.304. The molecule has 0 radical (unpaired) electrons. The number of pyridine rings is 1. The molecule has 208 valence electrons. The number of halogens is 1. The summed E-state index contributed by atoms with van der Waals surface area (Å²) in [5.41, 5.74) is 8.61. The van der Waals surface area contributed by atoms with Gasteiger partial charge in [0.25, 0.3) is 0 Å². The lowest BCUT2D eigenvalue weighted by molar-refractivity contribution is 0.0322. The number of hydrogen-bond donors (Lipinski definition) is 3. The third-order valence-corrected chi connectivity index (χ3v) is 7.21. The molecule has 0 amide bonds. The van der Waals surface area contributed by atoms with Gasteiger partial charge in [0.15, 0.2) is 0 Å². The molecule has 0 saturated carbocycles. The summed E-state index contributed by atoms with van der Waals surface area (Å²) in [6, 6.07) is 14.2. The maximum atomic E-state index is 15.2. The first kappa shape index (κ1) is 26.2. The van der Waals surface area contributed by atoms with Gasteiger partial charge in [-0.3, -0.25) is 4.90 Å². The molecule has 0 unspecified atom stereocenters. The van der Waals surface area contributed by atoms with E-state index in [1.54, 1.807) is 18.3 Å². The number of nitrogens with one attached hydrogen (secondary N) is 2. The Morgan fingerprint density at radius 2 is 1.85 bits per heavy atom. The Labute approximate surface area is 232 Å². The number of morpholine rings is 1. The Balaban J connectivity index is 1.23. The van der Waals surface area contributed by atoms with Gasteiger partial charge in [-0.25, -0.2) is 14.4 Å². The van der Waals surface area contributed by atoms with Crippen molar-refractivity contribution in [2.45, 2.75) is 0 Å². The Kier molecular flexibility index (Phi) is 7.85. The summed E-state index contributed by atoms with van der Waals surface area (Å²) in [5.74, 6) is 1.77. The predicted molar refractivity (Wildman–Crippen MR) is 155 cm³/mol. The van der Waals surface area contributed by atoms with Crippen molar-refractivity contribution in [2.75, 3.05) is 81.6 Å². The number of aromatic nitrogens is 3. The molecule has 0 atom stereocenters. The summed E-state index contributed by atoms with van der Waals surface area (Å²) in [6.07, 6.45) is 1.75. The van der Waals surface area contributed by atoms with E-state index in [0.29, 0.717) is 46.2 Å². The number of piperazine rings is 1. The van der Waals surface area contributed by atoms with E-state index in [1.165, 1.54) is 6.07 Å². The number of rotatable bonds is 8. The van der Waals surface area contributed by atoms with Crippen molar-refractivity contribution in [3.8, 4) is 16.9 Å². The molecule has 0 spiro atoms. The normalized spacial score (nSPS) is 16.3. The van der Waals surface area contributed by atoms with Gasteiger partial charge in [0.05, 0.1) is 30.6 Å². The van der Waals surface area contributed by atoms with Crippen LogP contribution in [0, 0.1) is 5.82 Å². The highest BCUT2D eigenvalue weighted by atomic mass is 19.1. The molecule has 0 bridgehead atoms. The van der Waals surface area contributed by atoms with Crippen LogP contribution in [0.1, 0.15) is 0 Å². The third kappa shape index (κ3) is 5.91. The average molecular weight is 545 g/mol. The Morgan fingerprint density at radius 1 is 1.00 bits per heavy atom. The summed E-state index contributed by atoms with van der Waals surface area (Å²) in [6.45, 7) is 8.27. The highest BCUT2D eigenvalue weighted by molar-refractivity contribution is 5.99. The minimum Gasteiger partial charge on any atom is -0.492 e. The lowest BCUT2D eigenvalue weighted by Gasteiger charge is -2.28. The molecule has 2 aliphatic rings. The van der Waals surface area contributed by atoms with Crippen LogP contribution in [0.15, 0.2) is 54.7 Å². The maximum Gasteiger partial charge on any atom is 0.229 e. The molecule has 2 saturated heterocycles. The fraction of sp³-hybridized carbons (Fsp3) is 0.345. The van der Waals surface area contributed by atoms with Gasteiger partial charge in [0, 0.05) is 62.3 Å². The summed E-state index contributed by atoms with van der Waals surface area (Å²) in [4.78, 5) is 18.3. The van der Waals surface area contributed by atoms with Crippen LogP contribution in [0.25, 0.3) is 22.0 Å². The van der Waals surface area contributed by atoms with Gasteiger partial charge in [-0.2, -0.15) is 4.98 Å². The molecule has 10 nitrogen and oxygen atoms in total. The second kappa shape index (κ2) is 12.0. The SMILES string of the molecule is Nc1nc(Nc2ccc(N3CCNCC3)nc2)nc2c(-c3cc(OCCN4CCOCC4)ccc3F)cccc12. The minimum atomic E-state index is -0.368. The summed E-state index contributed by atoms with van der Waals surface area (Å²) in [7, 11) is 0. The van der Waals surface area contributed by atoms with E-state index in [9.17, 15) is 0 Å². The van der Waals surface area contributed by atoms with Crippen molar-refractivity contribution < 1.29 is 13.9 Å². The van der Waals surface area contributed by atoms with E-state index >= 15 is 4.39 Å². The van der Waals surface area contributed by atoms with E-state index in [0.717, 1.165) is 70.5 Å². The second-order valence-corrected chi connectivity index (χ2v) is 9.85. The first-order valence-corrected chi connectivity index (χ1v) is 13.6. The van der Waals surface area contributed by atoms with Crippen LogP contribution in [0.5, 0.6) is 5.75 Å². The zero-order chi connectivity index (χ0) is 27.3. The van der Waals surface area contributed by atoms with Crippen molar-refractivity contribution in [1.29, 1.82) is 0 Å². The summed E-state index contributed by atoms with van der Waals surface area (Å²) >= 11 is 0. The molecule has 11 heteroatoms. The average Bonchev–Trinajstić information content (AvgIpc) is 2.99. The third-order valence-electron chi connectivity index (χ3n) is 7.21. The van der Waals surface area contributed by atoms with Gasteiger partial charge in [-0.05, 0) is 36.4 Å². The number of nitrogens with zero attached hydrogens (tertiary/aromatic N) is 5. The first-order chi connectivity index (χ1) is 19.6. The van der Waals surface area contributed by atoms with Crippen molar-refractivity contribution in [3.63, 3.8) is 0 Å². The maximum absolute atomic E-state index is 15.2. The molecule has 2 fully saturated rings. The fourth-order valence-corrected chi connectivity index (χ4v) is 5.04. The zero-order valence-electron chi connectivity index (χ0n) is 22.3. The Morgan fingerprint density at radius 3 is 2.65 bits per heavy atom. The van der Waals surface area contributed by atoms with Crippen LogP contribution in [-0.4, -0.2) is 85.5 Å². The molecule has 6 rings (SSSR count). The van der Waals surface area contributed by atoms with Crippen molar-refractivity contribution in [1.82, 2.24) is 25.2 Å². The molecule has 4 heterocycles. The Bertz CT molecular complexity index is 1460. The molecular formula is C29H33FN8O2. The number of fused-ring (bicyclic) bond motifs is 1. The van der Waals surface area contributed by atoms with Gasteiger partial charge < -0.3 is 30.7 Å². The smallest absolute Gasteiger partial charge is 0.229 e. The number of nitrogens with two attached hydrogens (primary N) is 1. The van der Waals surface area contributed by atoms with E-state index in [1.807, 2.05) is 30.3 Å². The molecule has 0 aliphatic carbocycles. The predicted octanol–water partition coefficient (Wildman–Crippen LogP) is 3.28. The van der Waals surface area contributed by atoms with Crippen molar-refractivity contribution >= 4 is 34.2 Å². The summed E-state index contributed by atoms with van der Waals surface area (Å²) < 4.78 is 26.5. The number of nitrogen functional groups attached to an aromatic ring is 1. The highest BCUT2D eigenvalue weighted by Crippen LogP contribution is 2.34. The number of ether oxygens (including phenoxy) is 2. The summed E-state index contributed by atoms with van der Waals surface area (Å²) in [5, 5.41) is 7.20. The molecule has 40 heavy (non-hydrogen) atoms. The van der Waals surface area contributed by atoms with E-state index in [4.69, 9.17) is 20.2 Å². The van der Waals surface area contributed by atoms with Gasteiger partial charge >= 0.3 is 0 Å². The fourth-order valence-electron chi connectivity index (χ4n) is 5.04. The number of benzene rings is 2. The van der Waals surface area contributed by atoms with E-state index in [-0.39, 0.29) is 5.82 Å². The Hall–Kier alpha value is -4.06. The number of para-hydroxylation sites is 1. The van der Waals surface area contributed by atoms with Gasteiger partial charge in [0.2, 0.25) is 5.95 Å². The standard InChI is InChI=1S/C29H33FN8O2/c30-25-6-5-21(40-17-14-37-12-15-39-16-13-37)18-24(25)22-2-1-3-23-27(22)35-29(36-28(23)31)34-20-4-7-26(33-19-20)38-10-8-32-9-11-38/h1-7,18-19,32H,8-17H2,(H3,31,34,35,36). The van der Waals surface area contributed by atoms with Crippen LogP contribution in [0.4, 0.5) is 27.7 Å². The molecule has 4 aromatic rings. The lowest BCUT2D eigenvalue weighted by Crippen LogP contribution is -2.43. The topological polar surface area (TPSA) is 114 Å². The van der Waals surface area contributed by atoms with Crippen molar-refractivity contribution in [2.24, 2.45) is 0 Å². The highest BCUT2D eigenvalue weighted by Gasteiger charge is 2.16. The van der Waals surface area contributed by atoms with Crippen LogP contribution in [0.3, 0.4) is 0 Å². The molecule has 4 N–H and O–H groups in total. The van der Waals surface area contributed by atoms with Crippen LogP contribution >= 0.6 is 0 Å². The molecule has 2 aromatic heterocycles. The van der Waals surface area contributed by atoms with Gasteiger partial charge in [0.1, 0.15) is 29.8 Å².